The Balaban J connectivity index is 2.61. The summed E-state index contributed by atoms with van der Waals surface area (Å²) in [5.41, 5.74) is 3.87. The normalized spacial score (nSPS) is 16.5. The number of hydrogen-bond donors (Lipinski definition) is 0. The van der Waals surface area contributed by atoms with Crippen LogP contribution in [0.4, 0.5) is 8.78 Å². The van der Waals surface area contributed by atoms with Gasteiger partial charge in [0.05, 0.1) is 6.20 Å². The standard InChI is InChI=1S/C8H11F2N2/c1-5(2)3-6-4-11-12-7(6)8(9)10/h4-5,8H,3H2,1-2H3. The van der Waals surface area contributed by atoms with E-state index in [4.69, 9.17) is 0 Å². The van der Waals surface area contributed by atoms with Gasteiger partial charge in [-0.05, 0) is 12.3 Å². The van der Waals surface area contributed by atoms with Crippen molar-refractivity contribution < 1.29 is 8.78 Å². The van der Waals surface area contributed by atoms with Crippen molar-refractivity contribution in [3.8, 4) is 0 Å². The zero-order valence-corrected chi connectivity index (χ0v) is 7.09. The number of nitrogens with zero attached hydrogens (tertiary/aromatic N) is 2. The van der Waals surface area contributed by atoms with E-state index in [1.165, 1.54) is 6.20 Å². The van der Waals surface area contributed by atoms with E-state index >= 15 is 0 Å². The molecule has 1 heterocycles. The molecule has 67 valence electrons. The number of hydrogen-bond acceptors (Lipinski definition) is 1. The summed E-state index contributed by atoms with van der Waals surface area (Å²) < 4.78 is 24.4. The predicted molar refractivity (Wildman–Crippen MR) is 43.1 cm³/mol. The molecule has 0 atom stereocenters. The molecule has 0 saturated carbocycles. The first kappa shape index (κ1) is 9.16. The van der Waals surface area contributed by atoms with Gasteiger partial charge in [0.2, 0.25) is 0 Å². The minimum Gasteiger partial charge on any atom is -0.203 e. The summed E-state index contributed by atoms with van der Waals surface area (Å²) in [7, 11) is 0. The Hall–Kier alpha value is -0.930. The molecule has 1 radical (unpaired) electrons. The zero-order chi connectivity index (χ0) is 9.14. The Morgan fingerprint density at radius 3 is 2.58 bits per heavy atom. The molecule has 0 unspecified atom stereocenters. The van der Waals surface area contributed by atoms with Gasteiger partial charge in [-0.1, -0.05) is 13.8 Å². The van der Waals surface area contributed by atoms with E-state index in [0.717, 1.165) is 0 Å². The van der Waals surface area contributed by atoms with Gasteiger partial charge in [-0.25, -0.2) is 8.78 Å². The lowest BCUT2D eigenvalue weighted by atomic mass is 10.0. The van der Waals surface area contributed by atoms with Crippen molar-refractivity contribution in [2.45, 2.75) is 26.7 Å². The van der Waals surface area contributed by atoms with Crippen molar-refractivity contribution >= 4 is 5.71 Å². The van der Waals surface area contributed by atoms with Crippen molar-refractivity contribution in [3.63, 3.8) is 0 Å². The molecular weight excluding hydrogens is 162 g/mol. The summed E-state index contributed by atoms with van der Waals surface area (Å²) in [6, 6.07) is 0. The van der Waals surface area contributed by atoms with Gasteiger partial charge in [-0.15, -0.1) is 5.10 Å². The van der Waals surface area contributed by atoms with Crippen LogP contribution in [0.15, 0.2) is 16.9 Å². The van der Waals surface area contributed by atoms with E-state index in [9.17, 15) is 8.78 Å². The highest BCUT2D eigenvalue weighted by Gasteiger charge is 2.22. The summed E-state index contributed by atoms with van der Waals surface area (Å²) in [6.07, 6.45) is -0.463. The highest BCUT2D eigenvalue weighted by atomic mass is 19.3. The van der Waals surface area contributed by atoms with E-state index in [1.807, 2.05) is 13.8 Å². The largest absolute Gasteiger partial charge is 0.282 e. The molecule has 0 aromatic heterocycles. The Morgan fingerprint density at radius 1 is 1.42 bits per heavy atom. The maximum absolute atomic E-state index is 12.2. The summed E-state index contributed by atoms with van der Waals surface area (Å²) in [5, 5.41) is 3.37. The van der Waals surface area contributed by atoms with Crippen LogP contribution in [0.25, 0.3) is 0 Å². The van der Waals surface area contributed by atoms with Crippen LogP contribution < -0.4 is 5.43 Å². The summed E-state index contributed by atoms with van der Waals surface area (Å²) in [5.74, 6) is 0.355. The first-order valence-corrected chi connectivity index (χ1v) is 3.86. The van der Waals surface area contributed by atoms with Crippen molar-refractivity contribution in [1.29, 1.82) is 0 Å². The fourth-order valence-corrected chi connectivity index (χ4v) is 1.07. The van der Waals surface area contributed by atoms with Crippen LogP contribution in [-0.2, 0) is 0 Å². The second kappa shape index (κ2) is 3.65. The zero-order valence-electron chi connectivity index (χ0n) is 7.09. The molecule has 0 aromatic rings. The maximum atomic E-state index is 12.2. The molecule has 0 amide bonds. The van der Waals surface area contributed by atoms with Gasteiger partial charge < -0.3 is 0 Å². The molecule has 1 aliphatic rings. The van der Waals surface area contributed by atoms with Gasteiger partial charge in [0.25, 0.3) is 6.43 Å². The van der Waals surface area contributed by atoms with Gasteiger partial charge in [0.15, 0.2) is 0 Å². The molecule has 0 aliphatic carbocycles. The van der Waals surface area contributed by atoms with Crippen molar-refractivity contribution in [2.75, 3.05) is 0 Å². The van der Waals surface area contributed by atoms with Crippen molar-refractivity contribution in [3.05, 3.63) is 11.8 Å². The molecular formula is C8H11F2N2. The lowest BCUT2D eigenvalue weighted by Crippen LogP contribution is -2.12. The minimum atomic E-state index is -2.50. The highest BCUT2D eigenvalue weighted by Crippen LogP contribution is 2.19. The highest BCUT2D eigenvalue weighted by molar-refractivity contribution is 6.03. The van der Waals surface area contributed by atoms with Crippen LogP contribution in [0.1, 0.15) is 20.3 Å². The third-order valence-electron chi connectivity index (χ3n) is 1.54. The van der Waals surface area contributed by atoms with Crippen molar-refractivity contribution in [2.24, 2.45) is 11.0 Å². The van der Waals surface area contributed by atoms with Crippen LogP contribution in [0.5, 0.6) is 0 Å². The first-order chi connectivity index (χ1) is 5.61. The van der Waals surface area contributed by atoms with E-state index in [1.54, 1.807) is 0 Å². The van der Waals surface area contributed by atoms with E-state index in [2.05, 4.69) is 10.5 Å². The number of alkyl halides is 2. The van der Waals surface area contributed by atoms with Crippen molar-refractivity contribution in [1.82, 2.24) is 5.43 Å². The van der Waals surface area contributed by atoms with E-state index < -0.39 is 6.43 Å². The van der Waals surface area contributed by atoms with Gasteiger partial charge in [-0.2, -0.15) is 5.43 Å². The molecule has 0 fully saturated rings. The maximum Gasteiger partial charge on any atom is 0.282 e. The lowest BCUT2D eigenvalue weighted by Gasteiger charge is -2.06. The predicted octanol–water partition coefficient (Wildman–Crippen LogP) is 2.16. The van der Waals surface area contributed by atoms with E-state index in [-0.39, 0.29) is 5.71 Å². The number of allylic oxidation sites excluding steroid dienone is 1. The van der Waals surface area contributed by atoms with Crippen LogP contribution >= 0.6 is 0 Å². The van der Waals surface area contributed by atoms with Crippen LogP contribution in [0.3, 0.4) is 0 Å². The molecule has 2 nitrogen and oxygen atoms in total. The monoisotopic (exact) mass is 173 g/mol. The molecule has 0 saturated heterocycles. The molecule has 0 N–H and O–H groups in total. The summed E-state index contributed by atoms with van der Waals surface area (Å²) in [6.45, 7) is 3.95. The molecule has 0 bridgehead atoms. The fourth-order valence-electron chi connectivity index (χ4n) is 1.07. The first-order valence-electron chi connectivity index (χ1n) is 3.86. The Bertz CT molecular complexity index is 219. The molecule has 1 rings (SSSR count). The van der Waals surface area contributed by atoms with Gasteiger partial charge in [0.1, 0.15) is 5.71 Å². The number of halogens is 2. The molecule has 4 heteroatoms. The molecule has 1 aliphatic heterocycles. The third kappa shape index (κ3) is 2.03. The molecule has 0 aromatic carbocycles. The fraction of sp³-hybridized carbons (Fsp3) is 0.625. The SMILES string of the molecule is CC(C)CC1=C[N]N=C1C(F)F. The van der Waals surface area contributed by atoms with Crippen LogP contribution in [-0.4, -0.2) is 12.1 Å². The van der Waals surface area contributed by atoms with Crippen LogP contribution in [0, 0.1) is 5.92 Å². The summed E-state index contributed by atoms with van der Waals surface area (Å²) >= 11 is 0. The Labute approximate surface area is 70.3 Å². The average Bonchev–Trinajstić information content (AvgIpc) is 2.33. The number of rotatable bonds is 3. The Morgan fingerprint density at radius 2 is 2.08 bits per heavy atom. The topological polar surface area (TPSA) is 26.5 Å². The minimum absolute atomic E-state index is 0.163. The molecule has 12 heavy (non-hydrogen) atoms. The quantitative estimate of drug-likeness (QED) is 0.625. The molecule has 0 spiro atoms. The van der Waals surface area contributed by atoms with Gasteiger partial charge >= 0.3 is 0 Å². The van der Waals surface area contributed by atoms with Crippen LogP contribution in [0.2, 0.25) is 0 Å². The summed E-state index contributed by atoms with van der Waals surface area (Å²) in [4.78, 5) is 0. The lowest BCUT2D eigenvalue weighted by molar-refractivity contribution is 0.225. The average molecular weight is 173 g/mol. The second-order valence-corrected chi connectivity index (χ2v) is 3.15. The Kier molecular flexibility index (Phi) is 2.78. The second-order valence-electron chi connectivity index (χ2n) is 3.15. The van der Waals surface area contributed by atoms with Gasteiger partial charge in [-0.3, -0.25) is 0 Å². The third-order valence-corrected chi connectivity index (χ3v) is 1.54. The van der Waals surface area contributed by atoms with E-state index in [0.29, 0.717) is 17.9 Å². The smallest absolute Gasteiger partial charge is 0.203 e. The van der Waals surface area contributed by atoms with Gasteiger partial charge in [0, 0.05) is 5.57 Å².